The molecule has 2 aromatic heterocycles. The van der Waals surface area contributed by atoms with Gasteiger partial charge in [0.05, 0.1) is 24.9 Å². The third kappa shape index (κ3) is 2.35. The predicted molar refractivity (Wildman–Crippen MR) is 61.6 cm³/mol. The van der Waals surface area contributed by atoms with Crippen molar-refractivity contribution in [3.63, 3.8) is 0 Å². The Bertz CT molecular complexity index is 595. The van der Waals surface area contributed by atoms with E-state index in [2.05, 4.69) is 14.7 Å². The van der Waals surface area contributed by atoms with E-state index in [1.165, 1.54) is 13.3 Å². The number of imidazole rings is 1. The van der Waals surface area contributed by atoms with Crippen LogP contribution in [-0.4, -0.2) is 27.6 Å². The highest BCUT2D eigenvalue weighted by Crippen LogP contribution is 2.05. The summed E-state index contributed by atoms with van der Waals surface area (Å²) in [5, 5.41) is 8.82. The van der Waals surface area contributed by atoms with Crippen LogP contribution >= 0.6 is 0 Å². The van der Waals surface area contributed by atoms with E-state index in [0.29, 0.717) is 17.9 Å². The predicted octanol–water partition coefficient (Wildman–Crippen LogP) is 0.985. The van der Waals surface area contributed by atoms with Crippen molar-refractivity contribution in [3.8, 4) is 6.07 Å². The summed E-state index contributed by atoms with van der Waals surface area (Å²) in [4.78, 5) is 19.3. The van der Waals surface area contributed by atoms with Gasteiger partial charge in [-0.05, 0) is 12.1 Å². The summed E-state index contributed by atoms with van der Waals surface area (Å²) in [6, 6.07) is 5.34. The minimum absolute atomic E-state index is 0.328. The van der Waals surface area contributed by atoms with Gasteiger partial charge in [-0.25, -0.2) is 9.78 Å². The standard InChI is InChI=1S/C12H10N4O2/c1-18-12(17)9-2-3-10(15-7-9)8-16-5-4-14-11(16)6-13/h2-5,7H,8H2,1H3. The lowest BCUT2D eigenvalue weighted by Crippen LogP contribution is -2.06. The SMILES string of the molecule is COC(=O)c1ccc(Cn2ccnc2C#N)nc1. The van der Waals surface area contributed by atoms with Crippen molar-refractivity contribution < 1.29 is 9.53 Å². The molecule has 0 saturated heterocycles. The lowest BCUT2D eigenvalue weighted by atomic mass is 10.2. The van der Waals surface area contributed by atoms with Gasteiger partial charge in [0.2, 0.25) is 5.82 Å². The summed E-state index contributed by atoms with van der Waals surface area (Å²) in [6.07, 6.45) is 4.71. The van der Waals surface area contributed by atoms with Gasteiger partial charge in [0.15, 0.2) is 0 Å². The minimum Gasteiger partial charge on any atom is -0.465 e. The molecule has 0 saturated carbocycles. The van der Waals surface area contributed by atoms with Crippen LogP contribution in [0.1, 0.15) is 21.9 Å². The molecule has 2 rings (SSSR count). The lowest BCUT2D eigenvalue weighted by Gasteiger charge is -2.04. The molecular formula is C12H10N4O2. The molecule has 0 unspecified atom stereocenters. The maximum Gasteiger partial charge on any atom is 0.339 e. The molecule has 2 heterocycles. The second-order valence-electron chi connectivity index (χ2n) is 3.52. The molecular weight excluding hydrogens is 232 g/mol. The molecule has 0 aliphatic carbocycles. The van der Waals surface area contributed by atoms with Crippen LogP contribution in [0.3, 0.4) is 0 Å². The molecule has 0 amide bonds. The molecule has 0 aliphatic rings. The van der Waals surface area contributed by atoms with Gasteiger partial charge in [0, 0.05) is 18.6 Å². The van der Waals surface area contributed by atoms with Crippen molar-refractivity contribution >= 4 is 5.97 Å². The summed E-state index contributed by atoms with van der Waals surface area (Å²) in [5.74, 6) is -0.0942. The zero-order valence-corrected chi connectivity index (χ0v) is 9.70. The first-order valence-corrected chi connectivity index (χ1v) is 5.19. The van der Waals surface area contributed by atoms with Crippen LogP contribution in [0.25, 0.3) is 0 Å². The Morgan fingerprint density at radius 1 is 1.50 bits per heavy atom. The highest BCUT2D eigenvalue weighted by molar-refractivity contribution is 5.88. The molecule has 0 radical (unpaired) electrons. The number of ether oxygens (including phenoxy) is 1. The Labute approximate surface area is 103 Å². The first kappa shape index (κ1) is 11.8. The largest absolute Gasteiger partial charge is 0.465 e. The number of methoxy groups -OCH3 is 1. The van der Waals surface area contributed by atoms with Crippen LogP contribution in [0.4, 0.5) is 0 Å². The lowest BCUT2D eigenvalue weighted by molar-refractivity contribution is 0.0600. The highest BCUT2D eigenvalue weighted by atomic mass is 16.5. The average molecular weight is 242 g/mol. The topological polar surface area (TPSA) is 80.8 Å². The summed E-state index contributed by atoms with van der Waals surface area (Å²) in [5.41, 5.74) is 1.13. The number of hydrogen-bond acceptors (Lipinski definition) is 5. The van der Waals surface area contributed by atoms with Gasteiger partial charge in [0.25, 0.3) is 0 Å². The summed E-state index contributed by atoms with van der Waals surface area (Å²) < 4.78 is 6.26. The van der Waals surface area contributed by atoms with Crippen LogP contribution in [0.2, 0.25) is 0 Å². The quantitative estimate of drug-likeness (QED) is 0.749. The molecule has 2 aromatic rings. The van der Waals surface area contributed by atoms with Crippen LogP contribution in [0, 0.1) is 11.3 Å². The fourth-order valence-electron chi connectivity index (χ4n) is 1.48. The van der Waals surface area contributed by atoms with E-state index in [1.54, 1.807) is 29.1 Å². The maximum atomic E-state index is 11.2. The van der Waals surface area contributed by atoms with E-state index in [9.17, 15) is 4.79 Å². The van der Waals surface area contributed by atoms with Crippen molar-refractivity contribution in [2.75, 3.05) is 7.11 Å². The number of nitrogens with zero attached hydrogens (tertiary/aromatic N) is 4. The van der Waals surface area contributed by atoms with Gasteiger partial charge in [-0.2, -0.15) is 5.26 Å². The monoisotopic (exact) mass is 242 g/mol. The second kappa shape index (κ2) is 5.10. The van der Waals surface area contributed by atoms with Gasteiger partial charge in [-0.1, -0.05) is 0 Å². The van der Waals surface area contributed by atoms with Crippen molar-refractivity contribution in [2.45, 2.75) is 6.54 Å². The van der Waals surface area contributed by atoms with E-state index < -0.39 is 5.97 Å². The number of nitriles is 1. The van der Waals surface area contributed by atoms with Gasteiger partial charge in [-0.3, -0.25) is 4.98 Å². The van der Waals surface area contributed by atoms with Crippen molar-refractivity contribution in [3.05, 3.63) is 47.8 Å². The summed E-state index contributed by atoms with van der Waals surface area (Å²) in [7, 11) is 1.32. The zero-order valence-electron chi connectivity index (χ0n) is 9.70. The fourth-order valence-corrected chi connectivity index (χ4v) is 1.48. The molecule has 18 heavy (non-hydrogen) atoms. The number of rotatable bonds is 3. The Kier molecular flexibility index (Phi) is 3.34. The van der Waals surface area contributed by atoms with Crippen LogP contribution in [-0.2, 0) is 11.3 Å². The Morgan fingerprint density at radius 3 is 2.94 bits per heavy atom. The van der Waals surface area contributed by atoms with E-state index >= 15 is 0 Å². The van der Waals surface area contributed by atoms with Gasteiger partial charge < -0.3 is 9.30 Å². The molecule has 0 aliphatic heterocycles. The van der Waals surface area contributed by atoms with E-state index in [4.69, 9.17) is 5.26 Å². The molecule has 0 atom stereocenters. The number of esters is 1. The zero-order chi connectivity index (χ0) is 13.0. The second-order valence-corrected chi connectivity index (χ2v) is 3.52. The molecule has 6 nitrogen and oxygen atoms in total. The first-order valence-electron chi connectivity index (χ1n) is 5.19. The van der Waals surface area contributed by atoms with Gasteiger partial charge >= 0.3 is 5.97 Å². The third-order valence-electron chi connectivity index (χ3n) is 2.39. The summed E-state index contributed by atoms with van der Waals surface area (Å²) in [6.45, 7) is 0.435. The highest BCUT2D eigenvalue weighted by Gasteiger charge is 2.07. The molecule has 6 heteroatoms. The minimum atomic E-state index is -0.422. The number of aromatic nitrogens is 3. The number of carbonyl (C=O) groups excluding carboxylic acids is 1. The van der Waals surface area contributed by atoms with Crippen LogP contribution in [0.15, 0.2) is 30.7 Å². The van der Waals surface area contributed by atoms with Crippen molar-refractivity contribution in [1.29, 1.82) is 5.26 Å². The van der Waals surface area contributed by atoms with E-state index in [0.717, 1.165) is 5.69 Å². The summed E-state index contributed by atoms with van der Waals surface area (Å²) >= 11 is 0. The molecule has 0 spiro atoms. The molecule has 0 N–H and O–H groups in total. The first-order chi connectivity index (χ1) is 8.74. The van der Waals surface area contributed by atoms with E-state index in [1.807, 2.05) is 6.07 Å². The van der Waals surface area contributed by atoms with Gasteiger partial charge in [-0.15, -0.1) is 0 Å². The van der Waals surface area contributed by atoms with Crippen LogP contribution < -0.4 is 0 Å². The smallest absolute Gasteiger partial charge is 0.339 e. The average Bonchev–Trinajstić information content (AvgIpc) is 2.86. The third-order valence-corrected chi connectivity index (χ3v) is 2.39. The number of carbonyl (C=O) groups is 1. The Balaban J connectivity index is 2.16. The van der Waals surface area contributed by atoms with Crippen molar-refractivity contribution in [1.82, 2.24) is 14.5 Å². The van der Waals surface area contributed by atoms with E-state index in [-0.39, 0.29) is 0 Å². The number of hydrogen-bond donors (Lipinski definition) is 0. The molecule has 0 aromatic carbocycles. The van der Waals surface area contributed by atoms with Crippen molar-refractivity contribution in [2.24, 2.45) is 0 Å². The Morgan fingerprint density at radius 2 is 2.33 bits per heavy atom. The normalized spacial score (nSPS) is 9.78. The molecule has 0 bridgehead atoms. The maximum absolute atomic E-state index is 11.2. The molecule has 0 fully saturated rings. The van der Waals surface area contributed by atoms with Crippen LogP contribution in [0.5, 0.6) is 0 Å². The molecule has 90 valence electrons. The number of pyridine rings is 1. The Hall–Kier alpha value is -2.68. The fraction of sp³-hybridized carbons (Fsp3) is 0.167. The van der Waals surface area contributed by atoms with Gasteiger partial charge in [0.1, 0.15) is 6.07 Å².